The summed E-state index contributed by atoms with van der Waals surface area (Å²) in [5.41, 5.74) is -0.927. The van der Waals surface area contributed by atoms with Gasteiger partial charge in [-0.2, -0.15) is 5.10 Å². The maximum Gasteiger partial charge on any atom is 0.507 e. The van der Waals surface area contributed by atoms with E-state index in [0.717, 1.165) is 6.07 Å². The van der Waals surface area contributed by atoms with Crippen LogP contribution in [0.2, 0.25) is 0 Å². The van der Waals surface area contributed by atoms with E-state index in [-0.39, 0.29) is 11.6 Å². The van der Waals surface area contributed by atoms with Gasteiger partial charge in [-0.25, -0.2) is 0 Å². The Hall–Kier alpha value is -1.33. The molecule has 78 valence electrons. The number of rotatable bonds is 1. The maximum atomic E-state index is 12.2. The Morgan fingerprint density at radius 2 is 1.93 bits per heavy atom. The number of nitrogens with zero attached hydrogens (tertiary/aromatic N) is 2. The van der Waals surface area contributed by atoms with Gasteiger partial charge in [0.15, 0.2) is 0 Å². The van der Waals surface area contributed by atoms with E-state index in [2.05, 4.69) is 5.10 Å². The monoisotopic (exact) mass is 206 g/mol. The Kier molecular flexibility index (Phi) is 2.64. The number of hydrogen-bond donors (Lipinski definition) is 0. The highest BCUT2D eigenvalue weighted by Gasteiger charge is 2.33. The zero-order valence-electron chi connectivity index (χ0n) is 7.67. The SMILES string of the molecule is CC(C)c1ccc(=O)n(C(F)(F)F)n1. The molecule has 0 radical (unpaired) electrons. The minimum Gasteiger partial charge on any atom is -0.268 e. The summed E-state index contributed by atoms with van der Waals surface area (Å²) in [5.74, 6) is -0.149. The van der Waals surface area contributed by atoms with Gasteiger partial charge >= 0.3 is 6.30 Å². The van der Waals surface area contributed by atoms with Crippen LogP contribution in [0.15, 0.2) is 16.9 Å². The van der Waals surface area contributed by atoms with Crippen molar-refractivity contribution in [2.75, 3.05) is 0 Å². The minimum absolute atomic E-state index is 0.149. The van der Waals surface area contributed by atoms with E-state index in [9.17, 15) is 18.0 Å². The normalized spacial score (nSPS) is 12.1. The summed E-state index contributed by atoms with van der Waals surface area (Å²) in [6, 6.07) is 2.17. The fourth-order valence-corrected chi connectivity index (χ4v) is 0.915. The van der Waals surface area contributed by atoms with E-state index in [0.29, 0.717) is 0 Å². The smallest absolute Gasteiger partial charge is 0.268 e. The van der Waals surface area contributed by atoms with Crippen LogP contribution in [0.3, 0.4) is 0 Å². The van der Waals surface area contributed by atoms with Crippen LogP contribution in [0, 0.1) is 0 Å². The third kappa shape index (κ3) is 2.12. The summed E-state index contributed by atoms with van der Waals surface area (Å²) in [7, 11) is 0. The lowest BCUT2D eigenvalue weighted by atomic mass is 10.1. The number of hydrogen-bond acceptors (Lipinski definition) is 2. The number of alkyl halides is 3. The summed E-state index contributed by atoms with van der Waals surface area (Å²) in [4.78, 5) is 10.8. The van der Waals surface area contributed by atoms with Crippen molar-refractivity contribution in [1.82, 2.24) is 9.78 Å². The molecule has 1 rings (SSSR count). The number of halogens is 3. The predicted molar refractivity (Wildman–Crippen MR) is 43.9 cm³/mol. The average molecular weight is 206 g/mol. The van der Waals surface area contributed by atoms with Crippen LogP contribution in [-0.4, -0.2) is 9.78 Å². The second-order valence-electron chi connectivity index (χ2n) is 3.13. The van der Waals surface area contributed by atoms with Crippen molar-refractivity contribution in [1.29, 1.82) is 0 Å². The fourth-order valence-electron chi connectivity index (χ4n) is 0.915. The molecule has 14 heavy (non-hydrogen) atoms. The molecular weight excluding hydrogens is 197 g/mol. The van der Waals surface area contributed by atoms with Gasteiger partial charge in [0.2, 0.25) is 0 Å². The maximum absolute atomic E-state index is 12.2. The number of aromatic nitrogens is 2. The Labute approximate surface area is 78.2 Å². The first-order chi connectivity index (χ1) is 6.32. The second-order valence-corrected chi connectivity index (χ2v) is 3.13. The Morgan fingerprint density at radius 3 is 2.36 bits per heavy atom. The molecular formula is C8H9F3N2O. The molecule has 0 saturated carbocycles. The summed E-state index contributed by atoms with van der Waals surface area (Å²) >= 11 is 0. The van der Waals surface area contributed by atoms with E-state index >= 15 is 0 Å². The van der Waals surface area contributed by atoms with Crippen molar-refractivity contribution in [3.63, 3.8) is 0 Å². The second kappa shape index (κ2) is 3.43. The minimum atomic E-state index is -4.75. The lowest BCUT2D eigenvalue weighted by Gasteiger charge is -2.10. The molecule has 0 aliphatic carbocycles. The third-order valence-corrected chi connectivity index (χ3v) is 1.65. The zero-order valence-corrected chi connectivity index (χ0v) is 7.67. The van der Waals surface area contributed by atoms with E-state index < -0.39 is 16.5 Å². The van der Waals surface area contributed by atoms with Gasteiger partial charge in [0.1, 0.15) is 0 Å². The topological polar surface area (TPSA) is 34.9 Å². The van der Waals surface area contributed by atoms with Crippen LogP contribution in [-0.2, 0) is 6.30 Å². The van der Waals surface area contributed by atoms with E-state index in [1.54, 1.807) is 13.8 Å². The van der Waals surface area contributed by atoms with Crippen LogP contribution >= 0.6 is 0 Å². The van der Waals surface area contributed by atoms with Crippen LogP contribution in [0.25, 0.3) is 0 Å². The first-order valence-electron chi connectivity index (χ1n) is 4.00. The molecule has 0 aliphatic heterocycles. The molecule has 1 aromatic heterocycles. The van der Waals surface area contributed by atoms with Crippen molar-refractivity contribution in [2.45, 2.75) is 26.1 Å². The Balaban J connectivity index is 3.30. The lowest BCUT2D eigenvalue weighted by molar-refractivity contribution is -0.215. The van der Waals surface area contributed by atoms with Crippen molar-refractivity contribution >= 4 is 0 Å². The van der Waals surface area contributed by atoms with Gasteiger partial charge in [-0.05, 0) is 12.0 Å². The van der Waals surface area contributed by atoms with Crippen LogP contribution in [0.4, 0.5) is 13.2 Å². The highest BCUT2D eigenvalue weighted by molar-refractivity contribution is 5.04. The predicted octanol–water partition coefficient (Wildman–Crippen LogP) is 1.84. The molecule has 0 saturated heterocycles. The van der Waals surface area contributed by atoms with E-state index in [1.165, 1.54) is 6.07 Å². The van der Waals surface area contributed by atoms with Crippen molar-refractivity contribution in [3.8, 4) is 0 Å². The molecule has 6 heteroatoms. The zero-order chi connectivity index (χ0) is 10.9. The fraction of sp³-hybridized carbons (Fsp3) is 0.500. The first-order valence-corrected chi connectivity index (χ1v) is 4.00. The summed E-state index contributed by atoms with van der Waals surface area (Å²) in [5, 5.41) is 3.22. The first kappa shape index (κ1) is 10.7. The Bertz CT molecular complexity index is 381. The van der Waals surface area contributed by atoms with Gasteiger partial charge in [0.25, 0.3) is 5.56 Å². The van der Waals surface area contributed by atoms with Crippen molar-refractivity contribution < 1.29 is 13.2 Å². The Morgan fingerprint density at radius 1 is 1.36 bits per heavy atom. The molecule has 0 aromatic carbocycles. The summed E-state index contributed by atoms with van der Waals surface area (Å²) in [6.45, 7) is 3.40. The van der Waals surface area contributed by atoms with Gasteiger partial charge in [-0.1, -0.05) is 13.8 Å². The molecule has 0 spiro atoms. The van der Waals surface area contributed by atoms with Gasteiger partial charge in [0.05, 0.1) is 5.69 Å². The molecule has 3 nitrogen and oxygen atoms in total. The van der Waals surface area contributed by atoms with Crippen LogP contribution in [0.5, 0.6) is 0 Å². The molecule has 0 atom stereocenters. The average Bonchev–Trinajstić information content (AvgIpc) is 2.02. The quantitative estimate of drug-likeness (QED) is 0.702. The molecule has 1 heterocycles. The molecule has 0 fully saturated rings. The van der Waals surface area contributed by atoms with Gasteiger partial charge < -0.3 is 0 Å². The van der Waals surface area contributed by atoms with Crippen molar-refractivity contribution in [2.24, 2.45) is 0 Å². The van der Waals surface area contributed by atoms with E-state index in [1.807, 2.05) is 0 Å². The molecule has 0 bridgehead atoms. The molecule has 0 unspecified atom stereocenters. The van der Waals surface area contributed by atoms with Gasteiger partial charge in [0, 0.05) is 6.07 Å². The van der Waals surface area contributed by atoms with Gasteiger partial charge in [-0.3, -0.25) is 4.79 Å². The highest BCUT2D eigenvalue weighted by atomic mass is 19.4. The van der Waals surface area contributed by atoms with Gasteiger partial charge in [-0.15, -0.1) is 17.9 Å². The molecule has 0 aliphatic rings. The van der Waals surface area contributed by atoms with Crippen molar-refractivity contribution in [3.05, 3.63) is 28.2 Å². The molecule has 0 N–H and O–H groups in total. The third-order valence-electron chi connectivity index (χ3n) is 1.65. The van der Waals surface area contributed by atoms with E-state index in [4.69, 9.17) is 0 Å². The molecule has 1 aromatic rings. The molecule has 0 amide bonds. The van der Waals surface area contributed by atoms with Crippen LogP contribution in [0.1, 0.15) is 25.5 Å². The highest BCUT2D eigenvalue weighted by Crippen LogP contribution is 2.19. The van der Waals surface area contributed by atoms with Crippen LogP contribution < -0.4 is 5.56 Å². The summed E-state index contributed by atoms with van der Waals surface area (Å²) < 4.78 is 36.1. The summed E-state index contributed by atoms with van der Waals surface area (Å²) in [6.07, 6.45) is -4.75. The largest absolute Gasteiger partial charge is 0.507 e. The standard InChI is InChI=1S/C8H9F3N2O/c1-5(2)6-3-4-7(14)13(12-6)8(9,10)11/h3-5H,1-2H3. The lowest BCUT2D eigenvalue weighted by Crippen LogP contribution is -2.33.